The number of pyridine rings is 1. The molecule has 1 aliphatic rings. The summed E-state index contributed by atoms with van der Waals surface area (Å²) in [5.41, 5.74) is 4.63. The summed E-state index contributed by atoms with van der Waals surface area (Å²) in [5.74, 6) is 0.517. The second-order valence-corrected chi connectivity index (χ2v) is 8.24. The first-order valence-electron chi connectivity index (χ1n) is 9.08. The van der Waals surface area contributed by atoms with Crippen LogP contribution in [-0.2, 0) is 5.54 Å². The van der Waals surface area contributed by atoms with Gasteiger partial charge in [0.1, 0.15) is 5.65 Å². The van der Waals surface area contributed by atoms with Crippen molar-refractivity contribution in [2.45, 2.75) is 58.4 Å². The summed E-state index contributed by atoms with van der Waals surface area (Å²) in [4.78, 5) is 15.9. The maximum atomic E-state index is 12.8. The van der Waals surface area contributed by atoms with E-state index in [1.807, 2.05) is 35.0 Å². The van der Waals surface area contributed by atoms with Gasteiger partial charge in [-0.05, 0) is 52.2 Å². The van der Waals surface area contributed by atoms with E-state index in [-0.39, 0.29) is 11.1 Å². The largest absolute Gasteiger partial charge is 0.306 e. The number of aryl methyl sites for hydroxylation is 1. The SMILES string of the molecule is Cc1ccc(-c2cc3c(C4CCC4)nn(C(C)(C)C)c3[nH]c2=O)cc1. The maximum absolute atomic E-state index is 12.8. The molecule has 25 heavy (non-hydrogen) atoms. The topological polar surface area (TPSA) is 50.7 Å². The van der Waals surface area contributed by atoms with Gasteiger partial charge in [0, 0.05) is 16.9 Å². The van der Waals surface area contributed by atoms with Crippen LogP contribution in [-0.4, -0.2) is 14.8 Å². The van der Waals surface area contributed by atoms with Gasteiger partial charge in [0.2, 0.25) is 0 Å². The lowest BCUT2D eigenvalue weighted by molar-refractivity contribution is 0.349. The molecule has 0 spiro atoms. The number of hydrogen-bond acceptors (Lipinski definition) is 2. The van der Waals surface area contributed by atoms with Crippen molar-refractivity contribution in [2.24, 2.45) is 0 Å². The molecule has 1 fully saturated rings. The van der Waals surface area contributed by atoms with E-state index in [0.29, 0.717) is 5.92 Å². The zero-order chi connectivity index (χ0) is 17.8. The molecule has 4 rings (SSSR count). The van der Waals surface area contributed by atoms with Crippen LogP contribution in [0.4, 0.5) is 0 Å². The quantitative estimate of drug-likeness (QED) is 0.736. The first-order chi connectivity index (χ1) is 11.8. The van der Waals surface area contributed by atoms with Crippen molar-refractivity contribution in [3.63, 3.8) is 0 Å². The van der Waals surface area contributed by atoms with Gasteiger partial charge in [-0.2, -0.15) is 5.10 Å². The number of fused-ring (bicyclic) bond motifs is 1. The Kier molecular flexibility index (Phi) is 3.60. The minimum atomic E-state index is -0.172. The lowest BCUT2D eigenvalue weighted by Crippen LogP contribution is -2.25. The average molecular weight is 335 g/mol. The van der Waals surface area contributed by atoms with Crippen LogP contribution in [0.1, 0.15) is 57.2 Å². The number of H-pyrrole nitrogens is 1. The molecule has 1 aliphatic carbocycles. The highest BCUT2D eigenvalue weighted by atomic mass is 16.1. The van der Waals surface area contributed by atoms with Gasteiger partial charge in [0.05, 0.1) is 11.2 Å². The second-order valence-electron chi connectivity index (χ2n) is 8.24. The van der Waals surface area contributed by atoms with Crippen molar-refractivity contribution in [1.82, 2.24) is 14.8 Å². The molecule has 1 saturated carbocycles. The fourth-order valence-corrected chi connectivity index (χ4v) is 3.51. The van der Waals surface area contributed by atoms with E-state index >= 15 is 0 Å². The van der Waals surface area contributed by atoms with E-state index in [0.717, 1.165) is 27.9 Å². The third-order valence-electron chi connectivity index (χ3n) is 5.21. The number of hydrogen-bond donors (Lipinski definition) is 1. The van der Waals surface area contributed by atoms with Gasteiger partial charge in [-0.1, -0.05) is 36.2 Å². The van der Waals surface area contributed by atoms with Crippen molar-refractivity contribution >= 4 is 11.0 Å². The third kappa shape index (κ3) is 2.70. The molecule has 4 nitrogen and oxygen atoms in total. The molecule has 1 aromatic carbocycles. The average Bonchev–Trinajstić information content (AvgIpc) is 2.84. The molecule has 2 aromatic heterocycles. The molecule has 0 bridgehead atoms. The highest BCUT2D eigenvalue weighted by Crippen LogP contribution is 2.40. The van der Waals surface area contributed by atoms with Crippen molar-refractivity contribution in [3.05, 3.63) is 51.9 Å². The zero-order valence-electron chi connectivity index (χ0n) is 15.4. The molecule has 0 aliphatic heterocycles. The third-order valence-corrected chi connectivity index (χ3v) is 5.21. The van der Waals surface area contributed by atoms with E-state index in [1.54, 1.807) is 0 Å². The number of aromatic amines is 1. The summed E-state index contributed by atoms with van der Waals surface area (Å²) in [6.07, 6.45) is 3.65. The van der Waals surface area contributed by atoms with E-state index in [9.17, 15) is 4.79 Å². The summed E-state index contributed by atoms with van der Waals surface area (Å²) >= 11 is 0. The van der Waals surface area contributed by atoms with Gasteiger partial charge in [-0.3, -0.25) is 4.79 Å². The minimum Gasteiger partial charge on any atom is -0.306 e. The monoisotopic (exact) mass is 335 g/mol. The van der Waals surface area contributed by atoms with Crippen LogP contribution < -0.4 is 5.56 Å². The van der Waals surface area contributed by atoms with Gasteiger partial charge < -0.3 is 4.98 Å². The van der Waals surface area contributed by atoms with Gasteiger partial charge in [-0.15, -0.1) is 0 Å². The predicted molar refractivity (Wildman–Crippen MR) is 102 cm³/mol. The Bertz CT molecular complexity index is 983. The van der Waals surface area contributed by atoms with E-state index in [4.69, 9.17) is 5.10 Å². The van der Waals surface area contributed by atoms with Gasteiger partial charge in [-0.25, -0.2) is 4.68 Å². The molecule has 3 aromatic rings. The van der Waals surface area contributed by atoms with Crippen LogP contribution in [0.25, 0.3) is 22.2 Å². The number of rotatable bonds is 2. The lowest BCUT2D eigenvalue weighted by Gasteiger charge is -2.24. The Labute approximate surface area is 147 Å². The van der Waals surface area contributed by atoms with Crippen LogP contribution in [0.15, 0.2) is 35.1 Å². The van der Waals surface area contributed by atoms with Crippen LogP contribution >= 0.6 is 0 Å². The molecule has 0 atom stereocenters. The summed E-state index contributed by atoms with van der Waals surface area (Å²) < 4.78 is 1.98. The predicted octanol–water partition coefficient (Wildman–Crippen LogP) is 4.72. The Balaban J connectivity index is 1.97. The zero-order valence-corrected chi connectivity index (χ0v) is 15.4. The molecule has 2 heterocycles. The minimum absolute atomic E-state index is 0.0538. The molecular weight excluding hydrogens is 310 g/mol. The Morgan fingerprint density at radius 2 is 1.84 bits per heavy atom. The molecule has 0 amide bonds. The van der Waals surface area contributed by atoms with Gasteiger partial charge >= 0.3 is 0 Å². The summed E-state index contributed by atoms with van der Waals surface area (Å²) in [5, 5.41) is 6.01. The highest BCUT2D eigenvalue weighted by molar-refractivity contribution is 5.84. The van der Waals surface area contributed by atoms with Crippen molar-refractivity contribution in [3.8, 4) is 11.1 Å². The standard InChI is InChI=1S/C21H25N3O/c1-13-8-10-14(11-9-13)16-12-17-18(15-6-5-7-15)23-24(21(2,3)4)19(17)22-20(16)25/h8-12,15H,5-7H2,1-4H3,(H,22,25). The smallest absolute Gasteiger partial charge is 0.257 e. The van der Waals surface area contributed by atoms with Gasteiger partial charge in [0.15, 0.2) is 0 Å². The summed E-state index contributed by atoms with van der Waals surface area (Å²) in [6, 6.07) is 10.2. The fourth-order valence-electron chi connectivity index (χ4n) is 3.51. The first-order valence-corrected chi connectivity index (χ1v) is 9.08. The molecule has 0 radical (unpaired) electrons. The van der Waals surface area contributed by atoms with Crippen LogP contribution in [0.3, 0.4) is 0 Å². The second kappa shape index (κ2) is 5.58. The van der Waals surface area contributed by atoms with Crippen LogP contribution in [0.5, 0.6) is 0 Å². The van der Waals surface area contributed by atoms with Crippen molar-refractivity contribution in [2.75, 3.05) is 0 Å². The normalized spacial score (nSPS) is 15.5. The maximum Gasteiger partial charge on any atom is 0.257 e. The Hall–Kier alpha value is -2.36. The number of nitrogens with one attached hydrogen (secondary N) is 1. The molecule has 4 heteroatoms. The fraction of sp³-hybridized carbons (Fsp3) is 0.429. The number of benzene rings is 1. The Morgan fingerprint density at radius 3 is 2.40 bits per heavy atom. The van der Waals surface area contributed by atoms with Crippen molar-refractivity contribution in [1.29, 1.82) is 0 Å². The summed E-state index contributed by atoms with van der Waals surface area (Å²) in [7, 11) is 0. The van der Waals surface area contributed by atoms with E-state index in [1.165, 1.54) is 24.8 Å². The lowest BCUT2D eigenvalue weighted by atomic mass is 9.82. The van der Waals surface area contributed by atoms with Gasteiger partial charge in [0.25, 0.3) is 5.56 Å². The van der Waals surface area contributed by atoms with E-state index in [2.05, 4.69) is 32.7 Å². The highest BCUT2D eigenvalue weighted by Gasteiger charge is 2.29. The molecule has 1 N–H and O–H groups in total. The summed E-state index contributed by atoms with van der Waals surface area (Å²) in [6.45, 7) is 8.42. The molecule has 0 unspecified atom stereocenters. The number of nitrogens with zero attached hydrogens (tertiary/aromatic N) is 2. The molecule has 130 valence electrons. The van der Waals surface area contributed by atoms with Crippen LogP contribution in [0, 0.1) is 6.92 Å². The molecular formula is C21H25N3O. The van der Waals surface area contributed by atoms with E-state index < -0.39 is 0 Å². The molecule has 0 saturated heterocycles. The first kappa shape index (κ1) is 16.1. The van der Waals surface area contributed by atoms with Crippen LogP contribution in [0.2, 0.25) is 0 Å². The van der Waals surface area contributed by atoms with Crippen molar-refractivity contribution < 1.29 is 0 Å². The number of aromatic nitrogens is 3. The Morgan fingerprint density at radius 1 is 1.16 bits per heavy atom.